The molecule has 0 aliphatic carbocycles. The molecule has 0 aliphatic rings. The summed E-state index contributed by atoms with van der Waals surface area (Å²) in [5.74, 6) is -0.244. The van der Waals surface area contributed by atoms with E-state index in [1.165, 1.54) is 19.2 Å². The Bertz CT molecular complexity index is 646. The number of aromatic hydroxyl groups is 1. The van der Waals surface area contributed by atoms with Gasteiger partial charge in [-0.2, -0.15) is 0 Å². The summed E-state index contributed by atoms with van der Waals surface area (Å²) in [5, 5.41) is 9.71. The molecule has 0 amide bonds. The minimum atomic E-state index is -0.295. The number of halogens is 1. The minimum Gasteiger partial charge on any atom is -0.504 e. The van der Waals surface area contributed by atoms with Crippen LogP contribution in [0.4, 0.5) is 4.39 Å². The van der Waals surface area contributed by atoms with Crippen molar-refractivity contribution in [3.8, 4) is 11.5 Å². The molecule has 0 fully saturated rings. The predicted octanol–water partition coefficient (Wildman–Crippen LogP) is 3.52. The number of benzene rings is 2. The fourth-order valence-corrected chi connectivity index (χ4v) is 1.76. The van der Waals surface area contributed by atoms with E-state index in [2.05, 4.69) is 0 Å². The van der Waals surface area contributed by atoms with Crippen molar-refractivity contribution >= 4 is 18.4 Å². The number of carbonyl (C=O) groups is 1. The number of ether oxygens (including phenoxy) is 1. The number of phenolic OH excluding ortho intramolecular Hbond substituents is 1. The van der Waals surface area contributed by atoms with Gasteiger partial charge in [-0.25, -0.2) is 4.39 Å². The number of rotatable bonds is 4. The van der Waals surface area contributed by atoms with Gasteiger partial charge in [0.15, 0.2) is 17.8 Å². The van der Waals surface area contributed by atoms with Gasteiger partial charge < -0.3 is 9.84 Å². The van der Waals surface area contributed by atoms with Crippen LogP contribution in [0.3, 0.4) is 0 Å². The highest BCUT2D eigenvalue weighted by Crippen LogP contribution is 2.31. The summed E-state index contributed by atoms with van der Waals surface area (Å²) in [6, 6.07) is 9.18. The van der Waals surface area contributed by atoms with Crippen LogP contribution >= 0.6 is 0 Å². The monoisotopic (exact) mass is 272 g/mol. The van der Waals surface area contributed by atoms with Gasteiger partial charge in [0.25, 0.3) is 0 Å². The van der Waals surface area contributed by atoms with Crippen LogP contribution in [0.2, 0.25) is 0 Å². The summed E-state index contributed by atoms with van der Waals surface area (Å²) >= 11 is 0. The average molecular weight is 272 g/mol. The van der Waals surface area contributed by atoms with Gasteiger partial charge in [-0.05, 0) is 35.4 Å². The molecular weight excluding hydrogens is 259 g/mol. The zero-order valence-electron chi connectivity index (χ0n) is 10.8. The number of hydrogen-bond donors (Lipinski definition) is 1. The van der Waals surface area contributed by atoms with Gasteiger partial charge in [-0.15, -0.1) is 0 Å². The Labute approximate surface area is 115 Å². The molecule has 2 aromatic rings. The maximum Gasteiger partial charge on any atom is 0.168 e. The van der Waals surface area contributed by atoms with Crippen molar-refractivity contribution in [3.05, 3.63) is 58.9 Å². The highest BCUT2D eigenvalue weighted by Gasteiger charge is 2.08. The van der Waals surface area contributed by atoms with Gasteiger partial charge in [0.1, 0.15) is 5.82 Å². The summed E-state index contributed by atoms with van der Waals surface area (Å²) in [6.45, 7) is 0. The van der Waals surface area contributed by atoms with Gasteiger partial charge in [0, 0.05) is 0 Å². The number of methoxy groups -OCH3 is 1. The van der Waals surface area contributed by atoms with Crippen molar-refractivity contribution < 1.29 is 19.0 Å². The lowest BCUT2D eigenvalue weighted by molar-refractivity contribution is 0.112. The molecule has 0 spiro atoms. The molecule has 4 heteroatoms. The maximum atomic E-state index is 12.8. The first-order valence-corrected chi connectivity index (χ1v) is 5.94. The van der Waals surface area contributed by atoms with E-state index in [0.29, 0.717) is 11.8 Å². The Morgan fingerprint density at radius 1 is 1.10 bits per heavy atom. The average Bonchev–Trinajstić information content (AvgIpc) is 2.47. The van der Waals surface area contributed by atoms with Crippen LogP contribution in [0.15, 0.2) is 36.4 Å². The Balaban J connectivity index is 2.33. The second-order valence-corrected chi connectivity index (χ2v) is 4.16. The summed E-state index contributed by atoms with van der Waals surface area (Å²) < 4.78 is 17.8. The van der Waals surface area contributed by atoms with E-state index in [9.17, 15) is 14.3 Å². The Morgan fingerprint density at radius 3 is 2.35 bits per heavy atom. The summed E-state index contributed by atoms with van der Waals surface area (Å²) in [6.07, 6.45) is 4.09. The number of carbonyl (C=O) groups excluding carboxylic acids is 1. The second-order valence-electron chi connectivity index (χ2n) is 4.16. The topological polar surface area (TPSA) is 46.5 Å². The molecule has 20 heavy (non-hydrogen) atoms. The van der Waals surface area contributed by atoms with Gasteiger partial charge in [0.2, 0.25) is 0 Å². The van der Waals surface area contributed by atoms with Crippen LogP contribution in [-0.4, -0.2) is 18.5 Å². The van der Waals surface area contributed by atoms with Crippen LogP contribution in [0, 0.1) is 5.82 Å². The SMILES string of the molecule is COc1cc(/C=C/c2ccc(F)cc2)cc(C=O)c1O. The number of hydrogen-bond acceptors (Lipinski definition) is 3. The standard InChI is InChI=1S/C16H13FO3/c1-20-15-9-12(8-13(10-18)16(15)19)3-2-11-4-6-14(17)7-5-11/h2-10,19H,1H3/b3-2+. The van der Waals surface area contributed by atoms with Crippen LogP contribution < -0.4 is 4.74 Å². The molecule has 102 valence electrons. The normalized spacial score (nSPS) is 10.7. The first-order chi connectivity index (χ1) is 9.63. The fraction of sp³-hybridized carbons (Fsp3) is 0.0625. The molecule has 1 N–H and O–H groups in total. The lowest BCUT2D eigenvalue weighted by Gasteiger charge is -2.06. The molecule has 2 aromatic carbocycles. The zero-order valence-corrected chi connectivity index (χ0v) is 10.8. The number of phenols is 1. The van der Waals surface area contributed by atoms with E-state index in [0.717, 1.165) is 5.56 Å². The van der Waals surface area contributed by atoms with E-state index < -0.39 is 0 Å². The third kappa shape index (κ3) is 3.03. The molecule has 0 radical (unpaired) electrons. The number of aldehydes is 1. The molecule has 0 heterocycles. The first kappa shape index (κ1) is 13.8. The molecule has 0 unspecified atom stereocenters. The fourth-order valence-electron chi connectivity index (χ4n) is 1.76. The van der Waals surface area contributed by atoms with Crippen LogP contribution in [0.5, 0.6) is 11.5 Å². The van der Waals surface area contributed by atoms with E-state index in [4.69, 9.17) is 4.74 Å². The lowest BCUT2D eigenvalue weighted by atomic mass is 10.1. The molecule has 0 aromatic heterocycles. The quantitative estimate of drug-likeness (QED) is 0.684. The van der Waals surface area contributed by atoms with E-state index in [-0.39, 0.29) is 22.9 Å². The molecule has 2 rings (SSSR count). The third-order valence-electron chi connectivity index (χ3n) is 2.81. The van der Waals surface area contributed by atoms with Crippen molar-refractivity contribution in [2.45, 2.75) is 0 Å². The largest absolute Gasteiger partial charge is 0.504 e. The van der Waals surface area contributed by atoms with Crippen molar-refractivity contribution in [1.29, 1.82) is 0 Å². The van der Waals surface area contributed by atoms with Crippen LogP contribution in [0.1, 0.15) is 21.5 Å². The molecule has 0 saturated carbocycles. The molecule has 0 atom stereocenters. The minimum absolute atomic E-state index is 0.156. The van der Waals surface area contributed by atoms with Crippen molar-refractivity contribution in [1.82, 2.24) is 0 Å². The smallest absolute Gasteiger partial charge is 0.168 e. The van der Waals surface area contributed by atoms with Crippen molar-refractivity contribution in [2.24, 2.45) is 0 Å². The summed E-state index contributed by atoms with van der Waals surface area (Å²) in [5.41, 5.74) is 1.68. The Morgan fingerprint density at radius 2 is 1.75 bits per heavy atom. The second kappa shape index (κ2) is 6.02. The Hall–Kier alpha value is -2.62. The van der Waals surface area contributed by atoms with Crippen LogP contribution in [-0.2, 0) is 0 Å². The van der Waals surface area contributed by atoms with Gasteiger partial charge in [-0.1, -0.05) is 24.3 Å². The van der Waals surface area contributed by atoms with E-state index in [1.54, 1.807) is 36.4 Å². The van der Waals surface area contributed by atoms with Gasteiger partial charge in [0.05, 0.1) is 12.7 Å². The first-order valence-electron chi connectivity index (χ1n) is 5.94. The highest BCUT2D eigenvalue weighted by atomic mass is 19.1. The summed E-state index contributed by atoms with van der Waals surface area (Å²) in [4.78, 5) is 10.9. The molecule has 3 nitrogen and oxygen atoms in total. The van der Waals surface area contributed by atoms with Gasteiger partial charge >= 0.3 is 0 Å². The highest BCUT2D eigenvalue weighted by molar-refractivity contribution is 5.84. The van der Waals surface area contributed by atoms with E-state index in [1.807, 2.05) is 0 Å². The van der Waals surface area contributed by atoms with Gasteiger partial charge in [-0.3, -0.25) is 4.79 Å². The zero-order chi connectivity index (χ0) is 14.5. The van der Waals surface area contributed by atoms with Crippen molar-refractivity contribution in [2.75, 3.05) is 7.11 Å². The Kier molecular flexibility index (Phi) is 4.15. The molecular formula is C16H13FO3. The summed E-state index contributed by atoms with van der Waals surface area (Å²) in [7, 11) is 1.41. The van der Waals surface area contributed by atoms with Crippen molar-refractivity contribution in [3.63, 3.8) is 0 Å². The molecule has 0 bridgehead atoms. The molecule has 0 aliphatic heterocycles. The van der Waals surface area contributed by atoms with Crippen LogP contribution in [0.25, 0.3) is 12.2 Å². The molecule has 0 saturated heterocycles. The lowest BCUT2D eigenvalue weighted by Crippen LogP contribution is -1.90. The third-order valence-corrected chi connectivity index (χ3v) is 2.81. The predicted molar refractivity (Wildman–Crippen MR) is 75.4 cm³/mol. The van der Waals surface area contributed by atoms with E-state index >= 15 is 0 Å². The maximum absolute atomic E-state index is 12.8.